The van der Waals surface area contributed by atoms with E-state index in [-0.39, 0.29) is 6.54 Å². The molecule has 1 N–H and O–H groups in total. The molecule has 4 heteroatoms. The van der Waals surface area contributed by atoms with Crippen molar-refractivity contribution in [3.63, 3.8) is 0 Å². The molecule has 1 fully saturated rings. The minimum atomic E-state index is -0.731. The SMILES string of the molecule is CCC1CC(N(CC(=O)O)CC(C)C)CCO1. The molecule has 0 spiro atoms. The second kappa shape index (κ2) is 6.97. The van der Waals surface area contributed by atoms with E-state index in [2.05, 4.69) is 25.7 Å². The first kappa shape index (κ1) is 14.5. The number of nitrogens with zero attached hydrogens (tertiary/aromatic N) is 1. The summed E-state index contributed by atoms with van der Waals surface area (Å²) in [4.78, 5) is 13.0. The van der Waals surface area contributed by atoms with Gasteiger partial charge in [-0.3, -0.25) is 9.69 Å². The Hall–Kier alpha value is -0.610. The summed E-state index contributed by atoms with van der Waals surface area (Å²) in [6.45, 7) is 8.15. The summed E-state index contributed by atoms with van der Waals surface area (Å²) in [7, 11) is 0. The predicted octanol–water partition coefficient (Wildman–Crippen LogP) is 1.99. The van der Waals surface area contributed by atoms with Crippen LogP contribution in [0.3, 0.4) is 0 Å². The normalized spacial score (nSPS) is 25.5. The molecule has 2 atom stereocenters. The van der Waals surface area contributed by atoms with Crippen LogP contribution in [-0.4, -0.2) is 47.8 Å². The third-order valence-electron chi connectivity index (χ3n) is 3.25. The molecule has 0 aliphatic carbocycles. The van der Waals surface area contributed by atoms with Crippen molar-refractivity contribution >= 4 is 5.97 Å². The summed E-state index contributed by atoms with van der Waals surface area (Å²) >= 11 is 0. The van der Waals surface area contributed by atoms with Gasteiger partial charge in [-0.05, 0) is 25.2 Å². The van der Waals surface area contributed by atoms with Gasteiger partial charge in [-0.25, -0.2) is 0 Å². The number of carboxylic acids is 1. The maximum Gasteiger partial charge on any atom is 0.317 e. The van der Waals surface area contributed by atoms with Crippen LogP contribution in [0.2, 0.25) is 0 Å². The third kappa shape index (κ3) is 5.04. The zero-order valence-corrected chi connectivity index (χ0v) is 11.2. The van der Waals surface area contributed by atoms with E-state index in [1.54, 1.807) is 0 Å². The second-order valence-corrected chi connectivity index (χ2v) is 5.30. The van der Waals surface area contributed by atoms with Gasteiger partial charge in [-0.2, -0.15) is 0 Å². The minimum Gasteiger partial charge on any atom is -0.480 e. The average molecular weight is 243 g/mol. The number of hydrogen-bond acceptors (Lipinski definition) is 3. The number of carboxylic acid groups (broad SMARTS) is 1. The molecule has 17 heavy (non-hydrogen) atoms. The molecular formula is C13H25NO3. The Bertz CT molecular complexity index is 243. The Morgan fingerprint density at radius 3 is 2.76 bits per heavy atom. The summed E-state index contributed by atoms with van der Waals surface area (Å²) < 4.78 is 5.64. The van der Waals surface area contributed by atoms with Crippen molar-refractivity contribution in [3.05, 3.63) is 0 Å². The van der Waals surface area contributed by atoms with E-state index >= 15 is 0 Å². The lowest BCUT2D eigenvalue weighted by Crippen LogP contribution is -2.46. The highest BCUT2D eigenvalue weighted by atomic mass is 16.5. The van der Waals surface area contributed by atoms with Crippen LogP contribution in [0.15, 0.2) is 0 Å². The lowest BCUT2D eigenvalue weighted by Gasteiger charge is -2.37. The largest absolute Gasteiger partial charge is 0.480 e. The van der Waals surface area contributed by atoms with E-state index in [0.717, 1.165) is 32.4 Å². The van der Waals surface area contributed by atoms with E-state index in [0.29, 0.717) is 18.1 Å². The fraction of sp³-hybridized carbons (Fsp3) is 0.923. The van der Waals surface area contributed by atoms with Crippen LogP contribution in [0.4, 0.5) is 0 Å². The summed E-state index contributed by atoms with van der Waals surface area (Å²) in [6, 6.07) is 0.368. The highest BCUT2D eigenvalue weighted by Gasteiger charge is 2.27. The van der Waals surface area contributed by atoms with Gasteiger partial charge >= 0.3 is 5.97 Å². The zero-order valence-electron chi connectivity index (χ0n) is 11.2. The smallest absolute Gasteiger partial charge is 0.317 e. The number of carbonyl (C=O) groups is 1. The van der Waals surface area contributed by atoms with Gasteiger partial charge in [0.05, 0.1) is 12.6 Å². The first-order chi connectivity index (χ1) is 8.02. The predicted molar refractivity (Wildman–Crippen MR) is 67.1 cm³/mol. The monoisotopic (exact) mass is 243 g/mol. The Morgan fingerprint density at radius 1 is 1.53 bits per heavy atom. The highest BCUT2D eigenvalue weighted by Crippen LogP contribution is 2.21. The van der Waals surface area contributed by atoms with Gasteiger partial charge < -0.3 is 9.84 Å². The lowest BCUT2D eigenvalue weighted by atomic mass is 9.99. The van der Waals surface area contributed by atoms with E-state index in [1.165, 1.54) is 0 Å². The molecule has 0 saturated carbocycles. The molecule has 2 unspecified atom stereocenters. The molecule has 0 aromatic rings. The fourth-order valence-electron chi connectivity index (χ4n) is 2.46. The maximum absolute atomic E-state index is 10.9. The zero-order chi connectivity index (χ0) is 12.8. The molecular weight excluding hydrogens is 218 g/mol. The van der Waals surface area contributed by atoms with Crippen LogP contribution in [-0.2, 0) is 9.53 Å². The van der Waals surface area contributed by atoms with Crippen LogP contribution in [0.1, 0.15) is 40.0 Å². The molecule has 0 aromatic heterocycles. The molecule has 100 valence electrons. The molecule has 0 amide bonds. The van der Waals surface area contributed by atoms with Gasteiger partial charge in [0.15, 0.2) is 0 Å². The van der Waals surface area contributed by atoms with Gasteiger partial charge in [0.2, 0.25) is 0 Å². The van der Waals surface area contributed by atoms with Crippen molar-refractivity contribution in [1.82, 2.24) is 4.90 Å². The molecule has 1 heterocycles. The number of aliphatic carboxylic acids is 1. The maximum atomic E-state index is 10.9. The Kier molecular flexibility index (Phi) is 5.92. The summed E-state index contributed by atoms with van der Waals surface area (Å²) in [5, 5.41) is 8.98. The van der Waals surface area contributed by atoms with Crippen molar-refractivity contribution < 1.29 is 14.6 Å². The van der Waals surface area contributed by atoms with Crippen molar-refractivity contribution in [1.29, 1.82) is 0 Å². The van der Waals surface area contributed by atoms with Crippen LogP contribution in [0.25, 0.3) is 0 Å². The van der Waals surface area contributed by atoms with Gasteiger partial charge in [0, 0.05) is 19.2 Å². The molecule has 4 nitrogen and oxygen atoms in total. The van der Waals surface area contributed by atoms with Gasteiger partial charge in [0.25, 0.3) is 0 Å². The Balaban J connectivity index is 2.57. The van der Waals surface area contributed by atoms with Gasteiger partial charge in [0.1, 0.15) is 0 Å². The van der Waals surface area contributed by atoms with E-state index in [1.807, 2.05) is 0 Å². The summed E-state index contributed by atoms with van der Waals surface area (Å²) in [6.07, 6.45) is 3.24. The summed E-state index contributed by atoms with van der Waals surface area (Å²) in [5.41, 5.74) is 0. The average Bonchev–Trinajstić information content (AvgIpc) is 2.27. The molecule has 0 aromatic carbocycles. The Morgan fingerprint density at radius 2 is 2.24 bits per heavy atom. The third-order valence-corrected chi connectivity index (χ3v) is 3.25. The van der Waals surface area contributed by atoms with Crippen LogP contribution in [0.5, 0.6) is 0 Å². The number of ether oxygens (including phenoxy) is 1. The van der Waals surface area contributed by atoms with Gasteiger partial charge in [-0.15, -0.1) is 0 Å². The van der Waals surface area contributed by atoms with Gasteiger partial charge in [-0.1, -0.05) is 20.8 Å². The quantitative estimate of drug-likeness (QED) is 0.775. The second-order valence-electron chi connectivity index (χ2n) is 5.30. The number of rotatable bonds is 6. The van der Waals surface area contributed by atoms with E-state index in [4.69, 9.17) is 9.84 Å². The molecule has 0 bridgehead atoms. The van der Waals surface area contributed by atoms with Crippen molar-refractivity contribution in [2.75, 3.05) is 19.7 Å². The molecule has 1 aliphatic heterocycles. The van der Waals surface area contributed by atoms with E-state index in [9.17, 15) is 4.79 Å². The molecule has 1 rings (SSSR count). The van der Waals surface area contributed by atoms with Crippen molar-refractivity contribution in [3.8, 4) is 0 Å². The fourth-order valence-corrected chi connectivity index (χ4v) is 2.46. The van der Waals surface area contributed by atoms with Crippen molar-refractivity contribution in [2.45, 2.75) is 52.2 Å². The van der Waals surface area contributed by atoms with Crippen LogP contribution >= 0.6 is 0 Å². The Labute approximate surface area is 104 Å². The van der Waals surface area contributed by atoms with Crippen LogP contribution in [0, 0.1) is 5.92 Å². The van der Waals surface area contributed by atoms with Crippen molar-refractivity contribution in [2.24, 2.45) is 5.92 Å². The number of hydrogen-bond donors (Lipinski definition) is 1. The van der Waals surface area contributed by atoms with E-state index < -0.39 is 5.97 Å². The minimum absolute atomic E-state index is 0.152. The van der Waals surface area contributed by atoms with Crippen LogP contribution < -0.4 is 0 Å². The first-order valence-corrected chi connectivity index (χ1v) is 6.60. The topological polar surface area (TPSA) is 49.8 Å². The first-order valence-electron chi connectivity index (χ1n) is 6.60. The molecule has 1 aliphatic rings. The molecule has 0 radical (unpaired) electrons. The summed E-state index contributed by atoms with van der Waals surface area (Å²) in [5.74, 6) is -0.234. The molecule has 1 saturated heterocycles. The lowest BCUT2D eigenvalue weighted by molar-refractivity contribution is -0.140. The standard InChI is InChI=1S/C13H25NO3/c1-4-12-7-11(5-6-17-12)14(8-10(2)3)9-13(15)16/h10-12H,4-9H2,1-3H3,(H,15,16). The highest BCUT2D eigenvalue weighted by molar-refractivity contribution is 5.69.